The van der Waals surface area contributed by atoms with Crippen molar-refractivity contribution in [1.82, 2.24) is 5.32 Å². The van der Waals surface area contributed by atoms with Crippen LogP contribution in [0.1, 0.15) is 0 Å². The molecule has 0 aliphatic carbocycles. The van der Waals surface area contributed by atoms with E-state index < -0.39 is 0 Å². The summed E-state index contributed by atoms with van der Waals surface area (Å²) >= 11 is 11.8. The van der Waals surface area contributed by atoms with E-state index in [-0.39, 0.29) is 11.9 Å². The number of hydrogen-bond acceptors (Lipinski definition) is 2. The van der Waals surface area contributed by atoms with Gasteiger partial charge in [-0.15, -0.1) is 0 Å². The van der Waals surface area contributed by atoms with Gasteiger partial charge in [0.1, 0.15) is 0 Å². The topological polar surface area (TPSA) is 89.0 Å². The van der Waals surface area contributed by atoms with Crippen LogP contribution in [-0.4, -0.2) is 19.0 Å². The first-order valence-electron chi connectivity index (χ1n) is 4.30. The third-order valence-electron chi connectivity index (χ3n) is 1.86. The predicted molar refractivity (Wildman–Crippen MR) is 67.6 cm³/mol. The second-order valence-corrected chi connectivity index (χ2v) is 3.89. The maximum atomic E-state index is 7.62. The number of benzene rings is 1. The molecule has 16 heavy (non-hydrogen) atoms. The number of rotatable bonds is 1. The minimum atomic E-state index is -0.310. The Morgan fingerprint density at radius 1 is 1.38 bits per heavy atom. The fourth-order valence-electron chi connectivity index (χ4n) is 1.07. The van der Waals surface area contributed by atoms with Gasteiger partial charge in [0.15, 0.2) is 5.96 Å². The minimum Gasteiger partial charge on any atom is -0.370 e. The maximum Gasteiger partial charge on any atom is 0.202 e. The Kier molecular flexibility index (Phi) is 3.98. The molecule has 5 N–H and O–H groups in total. The number of halogens is 2. The monoisotopic (exact) mass is 259 g/mol. The Bertz CT molecular complexity index is 432. The average molecular weight is 260 g/mol. The molecule has 0 atom stereocenters. The van der Waals surface area contributed by atoms with Crippen molar-refractivity contribution in [2.24, 2.45) is 5.73 Å². The average Bonchev–Trinajstić information content (AvgIpc) is 2.19. The second kappa shape index (κ2) is 5.05. The zero-order valence-electron chi connectivity index (χ0n) is 8.51. The molecule has 0 fully saturated rings. The number of nitrogens with two attached hydrogens (primary N) is 1. The summed E-state index contributed by atoms with van der Waals surface area (Å²) in [7, 11) is 1.62. The molecule has 0 spiro atoms. The minimum absolute atomic E-state index is 0.0586. The van der Waals surface area contributed by atoms with E-state index in [1.165, 1.54) is 4.90 Å². The van der Waals surface area contributed by atoms with Gasteiger partial charge in [-0.3, -0.25) is 16.1 Å². The summed E-state index contributed by atoms with van der Waals surface area (Å²) < 4.78 is 0. The molecule has 0 aliphatic rings. The van der Waals surface area contributed by atoms with E-state index in [1.807, 2.05) is 0 Å². The van der Waals surface area contributed by atoms with Gasteiger partial charge in [-0.25, -0.2) is 0 Å². The van der Waals surface area contributed by atoms with Crippen LogP contribution < -0.4 is 16.0 Å². The fraction of sp³-hybridized carbons (Fsp3) is 0.111. The highest BCUT2D eigenvalue weighted by molar-refractivity contribution is 6.35. The highest BCUT2D eigenvalue weighted by atomic mass is 35.5. The molecule has 0 heterocycles. The Balaban J connectivity index is 2.95. The molecule has 86 valence electrons. The van der Waals surface area contributed by atoms with Crippen molar-refractivity contribution in [3.05, 3.63) is 28.2 Å². The largest absolute Gasteiger partial charge is 0.370 e. The molecule has 0 amide bonds. The number of nitrogens with one attached hydrogen (secondary N) is 3. The zero-order valence-corrected chi connectivity index (χ0v) is 10.0. The van der Waals surface area contributed by atoms with Crippen LogP contribution in [0.2, 0.25) is 10.0 Å². The van der Waals surface area contributed by atoms with Crippen molar-refractivity contribution in [1.29, 1.82) is 10.8 Å². The van der Waals surface area contributed by atoms with Crippen LogP contribution in [0, 0.1) is 10.8 Å². The summed E-state index contributed by atoms with van der Waals surface area (Å²) in [4.78, 5) is 1.44. The Labute approximate surface area is 103 Å². The third kappa shape index (κ3) is 3.01. The lowest BCUT2D eigenvalue weighted by Gasteiger charge is -2.21. The lowest BCUT2D eigenvalue weighted by Crippen LogP contribution is -2.44. The van der Waals surface area contributed by atoms with Gasteiger partial charge < -0.3 is 10.6 Å². The molecular formula is C9H11Cl2N5. The standard InChI is InChI=1S/C9H11Cl2N5/c1-16(9(14)15-8(12)13)7-4-5(10)2-3-6(7)11/h2-4H,1H3,(H5,12,13,14,15). The van der Waals surface area contributed by atoms with Gasteiger partial charge in [0.25, 0.3) is 0 Å². The summed E-state index contributed by atoms with van der Waals surface area (Å²) in [6, 6.07) is 4.92. The van der Waals surface area contributed by atoms with E-state index >= 15 is 0 Å². The molecule has 1 rings (SSSR count). The molecule has 7 heteroatoms. The van der Waals surface area contributed by atoms with E-state index in [4.69, 9.17) is 39.8 Å². The first-order chi connectivity index (χ1) is 7.41. The summed E-state index contributed by atoms with van der Waals surface area (Å²) in [5.41, 5.74) is 5.69. The summed E-state index contributed by atoms with van der Waals surface area (Å²) in [5, 5.41) is 18.0. The molecule has 1 aromatic carbocycles. The highest BCUT2D eigenvalue weighted by Gasteiger charge is 2.11. The fourth-order valence-corrected chi connectivity index (χ4v) is 1.49. The van der Waals surface area contributed by atoms with Crippen molar-refractivity contribution in [2.75, 3.05) is 11.9 Å². The SMILES string of the molecule is CN(C(=N)NC(=N)N)c1cc(Cl)ccc1Cl. The molecule has 0 saturated heterocycles. The van der Waals surface area contributed by atoms with Crippen molar-refractivity contribution in [3.63, 3.8) is 0 Å². The Morgan fingerprint density at radius 3 is 2.56 bits per heavy atom. The van der Waals surface area contributed by atoms with E-state index in [9.17, 15) is 0 Å². The molecule has 0 unspecified atom stereocenters. The number of nitrogens with zero attached hydrogens (tertiary/aromatic N) is 1. The number of hydrogen-bond donors (Lipinski definition) is 4. The van der Waals surface area contributed by atoms with E-state index in [1.54, 1.807) is 25.2 Å². The summed E-state index contributed by atoms with van der Waals surface area (Å²) in [5.74, 6) is -0.369. The van der Waals surface area contributed by atoms with Crippen LogP contribution in [0.4, 0.5) is 5.69 Å². The quantitative estimate of drug-likeness (QED) is 0.459. The molecule has 0 aliphatic heterocycles. The smallest absolute Gasteiger partial charge is 0.202 e. The summed E-state index contributed by atoms with van der Waals surface area (Å²) in [6.07, 6.45) is 0. The van der Waals surface area contributed by atoms with Gasteiger partial charge in [0, 0.05) is 12.1 Å². The zero-order chi connectivity index (χ0) is 12.3. The molecule has 0 radical (unpaired) electrons. The van der Waals surface area contributed by atoms with Crippen LogP contribution in [-0.2, 0) is 0 Å². The van der Waals surface area contributed by atoms with Gasteiger partial charge >= 0.3 is 0 Å². The van der Waals surface area contributed by atoms with Gasteiger partial charge in [-0.05, 0) is 18.2 Å². The van der Waals surface area contributed by atoms with Crippen molar-refractivity contribution in [2.45, 2.75) is 0 Å². The van der Waals surface area contributed by atoms with Crippen LogP contribution in [0.15, 0.2) is 18.2 Å². The number of guanidine groups is 2. The molecule has 5 nitrogen and oxygen atoms in total. The molecule has 0 bridgehead atoms. The van der Waals surface area contributed by atoms with Gasteiger partial charge in [0.05, 0.1) is 10.7 Å². The van der Waals surface area contributed by atoms with Crippen LogP contribution >= 0.6 is 23.2 Å². The van der Waals surface area contributed by atoms with Crippen molar-refractivity contribution < 1.29 is 0 Å². The normalized spacial score (nSPS) is 9.69. The van der Waals surface area contributed by atoms with Crippen molar-refractivity contribution >= 4 is 40.8 Å². The van der Waals surface area contributed by atoms with Crippen LogP contribution in [0.3, 0.4) is 0 Å². The first kappa shape index (κ1) is 12.6. The molecular weight excluding hydrogens is 249 g/mol. The van der Waals surface area contributed by atoms with Crippen molar-refractivity contribution in [3.8, 4) is 0 Å². The second-order valence-electron chi connectivity index (χ2n) is 3.04. The van der Waals surface area contributed by atoms with E-state index in [2.05, 4.69) is 5.32 Å². The van der Waals surface area contributed by atoms with Gasteiger partial charge in [0.2, 0.25) is 5.96 Å². The third-order valence-corrected chi connectivity index (χ3v) is 2.41. The van der Waals surface area contributed by atoms with E-state index in [0.717, 1.165) is 0 Å². The van der Waals surface area contributed by atoms with Crippen LogP contribution in [0.5, 0.6) is 0 Å². The highest BCUT2D eigenvalue weighted by Crippen LogP contribution is 2.27. The van der Waals surface area contributed by atoms with Gasteiger partial charge in [-0.1, -0.05) is 23.2 Å². The molecule has 0 saturated carbocycles. The predicted octanol–water partition coefficient (Wildman–Crippen LogP) is 1.85. The Morgan fingerprint density at radius 2 is 2.00 bits per heavy atom. The Hall–Kier alpha value is -1.46. The number of anilines is 1. The molecule has 0 aromatic heterocycles. The lowest BCUT2D eigenvalue weighted by atomic mass is 10.3. The van der Waals surface area contributed by atoms with Gasteiger partial charge in [-0.2, -0.15) is 0 Å². The first-order valence-corrected chi connectivity index (χ1v) is 5.06. The summed E-state index contributed by atoms with van der Waals surface area (Å²) in [6.45, 7) is 0. The van der Waals surface area contributed by atoms with Crippen LogP contribution in [0.25, 0.3) is 0 Å². The van der Waals surface area contributed by atoms with E-state index in [0.29, 0.717) is 15.7 Å². The maximum absolute atomic E-state index is 7.62. The lowest BCUT2D eigenvalue weighted by molar-refractivity contribution is 1.11. The molecule has 1 aromatic rings.